The van der Waals surface area contributed by atoms with Crippen molar-refractivity contribution in [3.05, 3.63) is 58.6 Å². The molecule has 0 aliphatic rings. The molecule has 0 saturated heterocycles. The van der Waals surface area contributed by atoms with Gasteiger partial charge in [-0.05, 0) is 42.2 Å². The van der Waals surface area contributed by atoms with Gasteiger partial charge >= 0.3 is 0 Å². The van der Waals surface area contributed by atoms with Crippen LogP contribution in [0.1, 0.15) is 19.4 Å². The van der Waals surface area contributed by atoms with Crippen molar-refractivity contribution in [2.75, 3.05) is 0 Å². The SMILES string of the molecule is CC(=O)NC(C)Cc1ccc(-c2ccc(Br)cc2)cc1. The minimum absolute atomic E-state index is 0.0176. The van der Waals surface area contributed by atoms with E-state index in [0.29, 0.717) is 0 Å². The van der Waals surface area contributed by atoms with E-state index in [4.69, 9.17) is 0 Å². The molecule has 2 aromatic rings. The molecular formula is C17H18BrNO. The smallest absolute Gasteiger partial charge is 0.217 e. The Kier molecular flexibility index (Phi) is 4.96. The maximum atomic E-state index is 11.0. The molecule has 2 rings (SSSR count). The minimum Gasteiger partial charge on any atom is -0.354 e. The fourth-order valence-electron chi connectivity index (χ4n) is 2.23. The van der Waals surface area contributed by atoms with Gasteiger partial charge in [0, 0.05) is 17.4 Å². The van der Waals surface area contributed by atoms with Gasteiger partial charge in [-0.15, -0.1) is 0 Å². The first-order chi connectivity index (χ1) is 9.54. The van der Waals surface area contributed by atoms with Gasteiger partial charge in [0.25, 0.3) is 0 Å². The number of benzene rings is 2. The lowest BCUT2D eigenvalue weighted by Gasteiger charge is -2.12. The van der Waals surface area contributed by atoms with Crippen LogP contribution in [-0.2, 0) is 11.2 Å². The molecule has 1 N–H and O–H groups in total. The Morgan fingerprint density at radius 2 is 1.55 bits per heavy atom. The predicted molar refractivity (Wildman–Crippen MR) is 86.6 cm³/mol. The van der Waals surface area contributed by atoms with Gasteiger partial charge in [-0.25, -0.2) is 0 Å². The van der Waals surface area contributed by atoms with Crippen molar-refractivity contribution in [1.82, 2.24) is 5.32 Å². The van der Waals surface area contributed by atoms with Gasteiger partial charge in [-0.2, -0.15) is 0 Å². The second kappa shape index (κ2) is 6.71. The Morgan fingerprint density at radius 3 is 2.05 bits per heavy atom. The summed E-state index contributed by atoms with van der Waals surface area (Å²) >= 11 is 3.44. The molecule has 0 bridgehead atoms. The zero-order valence-corrected chi connectivity index (χ0v) is 13.3. The molecule has 0 aliphatic carbocycles. The third-order valence-corrected chi connectivity index (χ3v) is 3.65. The van der Waals surface area contributed by atoms with Crippen LogP contribution in [0.4, 0.5) is 0 Å². The summed E-state index contributed by atoms with van der Waals surface area (Å²) < 4.78 is 1.09. The predicted octanol–water partition coefficient (Wildman–Crippen LogP) is 4.18. The van der Waals surface area contributed by atoms with Gasteiger partial charge in [0.05, 0.1) is 0 Å². The summed E-state index contributed by atoms with van der Waals surface area (Å²) in [6.07, 6.45) is 0.847. The maximum Gasteiger partial charge on any atom is 0.217 e. The Hall–Kier alpha value is -1.61. The van der Waals surface area contributed by atoms with Crippen LogP contribution in [0.2, 0.25) is 0 Å². The Balaban J connectivity index is 2.06. The van der Waals surface area contributed by atoms with E-state index in [9.17, 15) is 4.79 Å². The Morgan fingerprint density at radius 1 is 1.05 bits per heavy atom. The fourth-order valence-corrected chi connectivity index (χ4v) is 2.49. The van der Waals surface area contributed by atoms with E-state index in [0.717, 1.165) is 10.9 Å². The summed E-state index contributed by atoms with van der Waals surface area (Å²) in [4.78, 5) is 11.0. The van der Waals surface area contributed by atoms with Gasteiger partial charge in [-0.1, -0.05) is 52.3 Å². The topological polar surface area (TPSA) is 29.1 Å². The highest BCUT2D eigenvalue weighted by atomic mass is 79.9. The van der Waals surface area contributed by atoms with Gasteiger partial charge in [0.2, 0.25) is 5.91 Å². The van der Waals surface area contributed by atoms with Crippen LogP contribution in [0.5, 0.6) is 0 Å². The molecule has 0 aliphatic heterocycles. The van der Waals surface area contributed by atoms with Crippen molar-refractivity contribution in [2.24, 2.45) is 0 Å². The number of hydrogen-bond donors (Lipinski definition) is 1. The van der Waals surface area contributed by atoms with E-state index < -0.39 is 0 Å². The number of carbonyl (C=O) groups excluding carboxylic acids is 1. The van der Waals surface area contributed by atoms with Crippen LogP contribution in [0.25, 0.3) is 11.1 Å². The molecule has 1 amide bonds. The fraction of sp³-hybridized carbons (Fsp3) is 0.235. The molecule has 0 fully saturated rings. The van der Waals surface area contributed by atoms with Crippen LogP contribution in [0.3, 0.4) is 0 Å². The zero-order valence-electron chi connectivity index (χ0n) is 11.7. The summed E-state index contributed by atoms with van der Waals surface area (Å²) in [7, 11) is 0. The summed E-state index contributed by atoms with van der Waals surface area (Å²) in [6, 6.07) is 16.9. The summed E-state index contributed by atoms with van der Waals surface area (Å²) in [5, 5.41) is 2.90. The van der Waals surface area contributed by atoms with Gasteiger partial charge < -0.3 is 5.32 Å². The molecule has 1 atom stereocenters. The molecule has 1 unspecified atom stereocenters. The molecule has 0 spiro atoms. The first-order valence-electron chi connectivity index (χ1n) is 6.66. The number of nitrogens with one attached hydrogen (secondary N) is 1. The van der Waals surface area contributed by atoms with E-state index in [1.165, 1.54) is 16.7 Å². The number of halogens is 1. The molecule has 2 nitrogen and oxygen atoms in total. The Bertz CT molecular complexity index is 575. The normalized spacial score (nSPS) is 11.9. The highest BCUT2D eigenvalue weighted by Crippen LogP contribution is 2.22. The average molecular weight is 332 g/mol. The first-order valence-corrected chi connectivity index (χ1v) is 7.46. The van der Waals surface area contributed by atoms with E-state index in [1.54, 1.807) is 6.92 Å². The third kappa shape index (κ3) is 4.20. The van der Waals surface area contributed by atoms with Crippen molar-refractivity contribution in [1.29, 1.82) is 0 Å². The van der Waals surface area contributed by atoms with Crippen molar-refractivity contribution >= 4 is 21.8 Å². The highest BCUT2D eigenvalue weighted by Gasteiger charge is 2.05. The molecule has 104 valence electrons. The van der Waals surface area contributed by atoms with Crippen LogP contribution in [0, 0.1) is 0 Å². The second-order valence-corrected chi connectivity index (χ2v) is 5.93. The van der Waals surface area contributed by atoms with E-state index in [-0.39, 0.29) is 11.9 Å². The van der Waals surface area contributed by atoms with Crippen molar-refractivity contribution in [3.8, 4) is 11.1 Å². The van der Waals surface area contributed by atoms with Crippen LogP contribution in [-0.4, -0.2) is 11.9 Å². The second-order valence-electron chi connectivity index (χ2n) is 5.01. The average Bonchev–Trinajstić information content (AvgIpc) is 2.39. The number of amides is 1. The molecule has 20 heavy (non-hydrogen) atoms. The summed E-state index contributed by atoms with van der Waals surface area (Å²) in [6.45, 7) is 3.57. The quantitative estimate of drug-likeness (QED) is 0.894. The van der Waals surface area contributed by atoms with Crippen LogP contribution in [0.15, 0.2) is 53.0 Å². The first kappa shape index (κ1) is 14.8. The maximum absolute atomic E-state index is 11.0. The molecule has 0 aromatic heterocycles. The zero-order chi connectivity index (χ0) is 14.5. The molecule has 0 heterocycles. The lowest BCUT2D eigenvalue weighted by molar-refractivity contribution is -0.119. The lowest BCUT2D eigenvalue weighted by Crippen LogP contribution is -2.31. The molecular weight excluding hydrogens is 314 g/mol. The number of rotatable bonds is 4. The molecule has 0 saturated carbocycles. The number of hydrogen-bond acceptors (Lipinski definition) is 1. The molecule has 0 radical (unpaired) electrons. The van der Waals surface area contributed by atoms with Crippen LogP contribution >= 0.6 is 15.9 Å². The van der Waals surface area contributed by atoms with Crippen molar-refractivity contribution in [3.63, 3.8) is 0 Å². The monoisotopic (exact) mass is 331 g/mol. The number of carbonyl (C=O) groups is 1. The summed E-state index contributed by atoms with van der Waals surface area (Å²) in [5.41, 5.74) is 3.63. The largest absolute Gasteiger partial charge is 0.354 e. The van der Waals surface area contributed by atoms with E-state index >= 15 is 0 Å². The summed E-state index contributed by atoms with van der Waals surface area (Å²) in [5.74, 6) is 0.0176. The minimum atomic E-state index is 0.0176. The highest BCUT2D eigenvalue weighted by molar-refractivity contribution is 9.10. The third-order valence-electron chi connectivity index (χ3n) is 3.12. The van der Waals surface area contributed by atoms with Crippen LogP contribution < -0.4 is 5.32 Å². The molecule has 2 aromatic carbocycles. The van der Waals surface area contributed by atoms with Gasteiger partial charge in [0.1, 0.15) is 0 Å². The lowest BCUT2D eigenvalue weighted by atomic mass is 10.0. The van der Waals surface area contributed by atoms with Gasteiger partial charge in [0.15, 0.2) is 0 Å². The Labute approximate surface area is 128 Å². The standard InChI is InChI=1S/C17H18BrNO/c1-12(19-13(2)20)11-14-3-5-15(6-4-14)16-7-9-17(18)10-8-16/h3-10,12H,11H2,1-2H3,(H,19,20). The molecule has 3 heteroatoms. The van der Waals surface area contributed by atoms with Crippen molar-refractivity contribution < 1.29 is 4.79 Å². The van der Waals surface area contributed by atoms with E-state index in [1.807, 2.05) is 19.1 Å². The van der Waals surface area contributed by atoms with E-state index in [2.05, 4.69) is 57.6 Å². The van der Waals surface area contributed by atoms with Gasteiger partial charge in [-0.3, -0.25) is 4.79 Å². The van der Waals surface area contributed by atoms with Crippen molar-refractivity contribution in [2.45, 2.75) is 26.3 Å².